The van der Waals surface area contributed by atoms with Gasteiger partial charge in [-0.3, -0.25) is 0 Å². The molecular formula is C15H28F3NO. The zero-order valence-corrected chi connectivity index (χ0v) is 12.8. The summed E-state index contributed by atoms with van der Waals surface area (Å²) in [7, 11) is 0. The number of nitrogens with one attached hydrogen (secondary N) is 1. The highest BCUT2D eigenvalue weighted by atomic mass is 19.4. The zero-order valence-electron chi connectivity index (χ0n) is 12.8. The molecule has 3 atom stereocenters. The predicted octanol–water partition coefficient (Wildman–Crippen LogP) is 4.15. The zero-order chi connectivity index (χ0) is 15.2. The third-order valence-corrected chi connectivity index (χ3v) is 4.01. The van der Waals surface area contributed by atoms with Crippen molar-refractivity contribution >= 4 is 0 Å². The minimum atomic E-state index is -4.05. The topological polar surface area (TPSA) is 21.3 Å². The van der Waals surface area contributed by atoms with E-state index >= 15 is 0 Å². The first-order chi connectivity index (χ1) is 9.34. The van der Waals surface area contributed by atoms with E-state index in [2.05, 4.69) is 12.2 Å². The normalized spacial score (nSPS) is 25.9. The fourth-order valence-electron chi connectivity index (χ4n) is 2.88. The lowest BCUT2D eigenvalue weighted by atomic mass is 9.77. The highest BCUT2D eigenvalue weighted by Crippen LogP contribution is 2.41. The van der Waals surface area contributed by atoms with Crippen molar-refractivity contribution < 1.29 is 17.9 Å². The summed E-state index contributed by atoms with van der Waals surface area (Å²) >= 11 is 0. The average molecular weight is 295 g/mol. The smallest absolute Gasteiger partial charge is 0.377 e. The van der Waals surface area contributed by atoms with Crippen molar-refractivity contribution in [3.63, 3.8) is 0 Å². The van der Waals surface area contributed by atoms with E-state index in [1.165, 1.54) is 0 Å². The second kappa shape index (κ2) is 8.23. The van der Waals surface area contributed by atoms with E-state index < -0.39 is 12.1 Å². The van der Waals surface area contributed by atoms with Gasteiger partial charge in [-0.15, -0.1) is 0 Å². The number of alkyl halides is 3. The first-order valence-electron chi connectivity index (χ1n) is 7.76. The molecule has 3 unspecified atom stereocenters. The van der Waals surface area contributed by atoms with E-state index in [4.69, 9.17) is 4.74 Å². The molecule has 1 saturated carbocycles. The molecule has 0 heterocycles. The Balaban J connectivity index is 2.58. The standard InChI is InChI=1S/C15H28F3NO/c1-4-8-19-14(10-20-11(2)3)12-6-5-7-13(9-12)15(16,17)18/h11-14,19H,4-10H2,1-3H3. The van der Waals surface area contributed by atoms with E-state index in [0.717, 1.165) is 19.4 Å². The molecule has 0 aliphatic heterocycles. The van der Waals surface area contributed by atoms with Crippen LogP contribution in [0.4, 0.5) is 13.2 Å². The Hall–Kier alpha value is -0.290. The van der Waals surface area contributed by atoms with Crippen LogP contribution < -0.4 is 5.32 Å². The molecule has 0 aromatic rings. The Bertz CT molecular complexity index is 268. The van der Waals surface area contributed by atoms with Crippen LogP contribution in [-0.4, -0.2) is 31.5 Å². The second-order valence-electron chi connectivity index (χ2n) is 6.11. The lowest BCUT2D eigenvalue weighted by Gasteiger charge is -2.36. The molecule has 0 bridgehead atoms. The van der Waals surface area contributed by atoms with E-state index in [9.17, 15) is 13.2 Å². The van der Waals surface area contributed by atoms with E-state index in [1.54, 1.807) is 0 Å². The van der Waals surface area contributed by atoms with Crippen LogP contribution in [0.25, 0.3) is 0 Å². The van der Waals surface area contributed by atoms with Crippen LogP contribution in [0.3, 0.4) is 0 Å². The molecule has 1 N–H and O–H groups in total. The molecule has 1 rings (SSSR count). The minimum Gasteiger partial charge on any atom is -0.377 e. The van der Waals surface area contributed by atoms with Gasteiger partial charge in [-0.2, -0.15) is 13.2 Å². The van der Waals surface area contributed by atoms with Gasteiger partial charge >= 0.3 is 6.18 Å². The summed E-state index contributed by atoms with van der Waals surface area (Å²) in [5.74, 6) is -1.06. The van der Waals surface area contributed by atoms with Crippen LogP contribution >= 0.6 is 0 Å². The average Bonchev–Trinajstić information content (AvgIpc) is 2.38. The molecule has 2 nitrogen and oxygen atoms in total. The Morgan fingerprint density at radius 2 is 1.95 bits per heavy atom. The Kier molecular flexibility index (Phi) is 7.30. The van der Waals surface area contributed by atoms with Crippen LogP contribution in [0, 0.1) is 11.8 Å². The molecule has 1 fully saturated rings. The molecule has 0 aromatic heterocycles. The Labute approximate surface area is 120 Å². The fraction of sp³-hybridized carbons (Fsp3) is 1.00. The number of ether oxygens (including phenoxy) is 1. The summed E-state index contributed by atoms with van der Waals surface area (Å²) in [6.45, 7) is 7.31. The van der Waals surface area contributed by atoms with Gasteiger partial charge in [-0.1, -0.05) is 13.3 Å². The Morgan fingerprint density at radius 3 is 2.50 bits per heavy atom. The first-order valence-corrected chi connectivity index (χ1v) is 7.76. The van der Waals surface area contributed by atoms with Gasteiger partial charge < -0.3 is 10.1 Å². The van der Waals surface area contributed by atoms with Crippen LogP contribution in [0.15, 0.2) is 0 Å². The predicted molar refractivity (Wildman–Crippen MR) is 74.7 cm³/mol. The number of hydrogen-bond acceptors (Lipinski definition) is 2. The quantitative estimate of drug-likeness (QED) is 0.762. The molecule has 120 valence electrons. The van der Waals surface area contributed by atoms with Crippen LogP contribution in [0.2, 0.25) is 0 Å². The van der Waals surface area contributed by atoms with Gasteiger partial charge in [0.1, 0.15) is 0 Å². The van der Waals surface area contributed by atoms with Crippen molar-refractivity contribution in [3.05, 3.63) is 0 Å². The number of halogens is 3. The minimum absolute atomic E-state index is 0.0440. The van der Waals surface area contributed by atoms with Crippen molar-refractivity contribution in [1.29, 1.82) is 0 Å². The SMILES string of the molecule is CCCNC(COC(C)C)C1CCCC(C(F)(F)F)C1. The van der Waals surface area contributed by atoms with Gasteiger partial charge in [0.15, 0.2) is 0 Å². The maximum absolute atomic E-state index is 12.9. The molecule has 5 heteroatoms. The number of hydrogen-bond donors (Lipinski definition) is 1. The maximum Gasteiger partial charge on any atom is 0.391 e. The van der Waals surface area contributed by atoms with Gasteiger partial charge in [0.05, 0.1) is 18.6 Å². The summed E-state index contributed by atoms with van der Waals surface area (Å²) < 4.78 is 44.3. The van der Waals surface area contributed by atoms with Crippen LogP contribution in [0.1, 0.15) is 52.9 Å². The van der Waals surface area contributed by atoms with Crippen molar-refractivity contribution in [1.82, 2.24) is 5.32 Å². The van der Waals surface area contributed by atoms with E-state index in [0.29, 0.717) is 13.0 Å². The van der Waals surface area contributed by atoms with Gasteiger partial charge in [0.2, 0.25) is 0 Å². The number of rotatable bonds is 7. The third kappa shape index (κ3) is 6.00. The molecule has 20 heavy (non-hydrogen) atoms. The second-order valence-corrected chi connectivity index (χ2v) is 6.11. The van der Waals surface area contributed by atoms with E-state index in [1.807, 2.05) is 13.8 Å². The maximum atomic E-state index is 12.9. The lowest BCUT2D eigenvalue weighted by Crippen LogP contribution is -2.44. The third-order valence-electron chi connectivity index (χ3n) is 4.01. The van der Waals surface area contributed by atoms with Crippen molar-refractivity contribution in [2.45, 2.75) is 71.2 Å². The van der Waals surface area contributed by atoms with Crippen molar-refractivity contribution in [3.8, 4) is 0 Å². The Morgan fingerprint density at radius 1 is 1.25 bits per heavy atom. The lowest BCUT2D eigenvalue weighted by molar-refractivity contribution is -0.187. The molecule has 0 aromatic carbocycles. The first kappa shape index (κ1) is 17.8. The summed E-state index contributed by atoms with van der Waals surface area (Å²) in [5.41, 5.74) is 0. The largest absolute Gasteiger partial charge is 0.391 e. The summed E-state index contributed by atoms with van der Waals surface area (Å²) in [5, 5.41) is 3.37. The van der Waals surface area contributed by atoms with Gasteiger partial charge in [-0.05, 0) is 52.0 Å². The molecule has 0 radical (unpaired) electrons. The van der Waals surface area contributed by atoms with Gasteiger partial charge in [0, 0.05) is 6.04 Å². The summed E-state index contributed by atoms with van der Waals surface area (Å²) in [4.78, 5) is 0. The van der Waals surface area contributed by atoms with E-state index in [-0.39, 0.29) is 30.9 Å². The molecule has 0 saturated heterocycles. The molecule has 1 aliphatic carbocycles. The molecule has 0 amide bonds. The molecule has 0 spiro atoms. The van der Waals surface area contributed by atoms with Crippen LogP contribution in [-0.2, 0) is 4.74 Å². The van der Waals surface area contributed by atoms with Crippen molar-refractivity contribution in [2.75, 3.05) is 13.2 Å². The van der Waals surface area contributed by atoms with Gasteiger partial charge in [0.25, 0.3) is 0 Å². The van der Waals surface area contributed by atoms with Gasteiger partial charge in [-0.25, -0.2) is 0 Å². The molecule has 1 aliphatic rings. The van der Waals surface area contributed by atoms with Crippen LogP contribution in [0.5, 0.6) is 0 Å². The fourth-order valence-corrected chi connectivity index (χ4v) is 2.88. The summed E-state index contributed by atoms with van der Waals surface area (Å²) in [6, 6.07) is 0.0440. The monoisotopic (exact) mass is 295 g/mol. The summed E-state index contributed by atoms with van der Waals surface area (Å²) in [6.07, 6.45) is -0.892. The van der Waals surface area contributed by atoms with Crippen molar-refractivity contribution in [2.24, 2.45) is 11.8 Å². The highest BCUT2D eigenvalue weighted by molar-refractivity contribution is 4.85. The molecular weight excluding hydrogens is 267 g/mol. The highest BCUT2D eigenvalue weighted by Gasteiger charge is 2.43.